The van der Waals surface area contributed by atoms with Gasteiger partial charge in [0.15, 0.2) is 0 Å². The van der Waals surface area contributed by atoms with Crippen LogP contribution in [0, 0.1) is 5.82 Å². The number of amides is 1. The Morgan fingerprint density at radius 1 is 1.21 bits per heavy atom. The van der Waals surface area contributed by atoms with Gasteiger partial charge in [0.1, 0.15) is 11.9 Å². The number of ether oxygens (including phenoxy) is 1. The number of carbonyl (C=O) groups is 1. The van der Waals surface area contributed by atoms with E-state index in [2.05, 4.69) is 4.98 Å². The van der Waals surface area contributed by atoms with Crippen LogP contribution < -0.4 is 5.56 Å². The number of H-pyrrole nitrogens is 1. The topological polar surface area (TPSA) is 82.6 Å². The van der Waals surface area contributed by atoms with Crippen molar-refractivity contribution >= 4 is 16.8 Å². The quantitative estimate of drug-likeness (QED) is 0.728. The average molecular weight is 382 g/mol. The Morgan fingerprint density at radius 3 is 2.75 bits per heavy atom. The molecule has 0 bridgehead atoms. The Morgan fingerprint density at radius 2 is 2.00 bits per heavy atom. The van der Waals surface area contributed by atoms with E-state index in [1.54, 1.807) is 4.90 Å². The van der Waals surface area contributed by atoms with Crippen molar-refractivity contribution in [2.24, 2.45) is 0 Å². The molecule has 2 atom stereocenters. The Balaban J connectivity index is 1.82. The molecule has 1 aromatic heterocycles. The molecule has 0 unspecified atom stereocenters. The normalized spacial score (nSPS) is 19.7. The maximum absolute atomic E-state index is 13.6. The second-order valence-electron chi connectivity index (χ2n) is 6.68. The van der Waals surface area contributed by atoms with E-state index in [9.17, 15) is 19.1 Å². The molecule has 4 rings (SSSR count). The average Bonchev–Trinajstić information content (AvgIpc) is 2.72. The lowest BCUT2D eigenvalue weighted by atomic mass is 9.97. The summed E-state index contributed by atoms with van der Waals surface area (Å²) in [5, 5.41) is 10.2. The first kappa shape index (κ1) is 18.3. The third kappa shape index (κ3) is 3.30. The number of carbonyl (C=O) groups excluding carboxylic acids is 1. The predicted molar refractivity (Wildman–Crippen MR) is 102 cm³/mol. The van der Waals surface area contributed by atoms with Crippen LogP contribution in [0.15, 0.2) is 59.4 Å². The zero-order valence-corrected chi connectivity index (χ0v) is 15.0. The molecule has 1 aliphatic rings. The summed E-state index contributed by atoms with van der Waals surface area (Å²) >= 11 is 0. The van der Waals surface area contributed by atoms with Gasteiger partial charge in [-0.05, 0) is 23.8 Å². The van der Waals surface area contributed by atoms with E-state index in [0.29, 0.717) is 11.9 Å². The number of benzene rings is 2. The summed E-state index contributed by atoms with van der Waals surface area (Å²) in [5.74, 6) is -0.861. The number of morpholine rings is 1. The van der Waals surface area contributed by atoms with Gasteiger partial charge in [-0.25, -0.2) is 4.39 Å². The van der Waals surface area contributed by atoms with Crippen LogP contribution in [0.3, 0.4) is 0 Å². The minimum atomic E-state index is -0.578. The number of rotatable bonds is 3. The molecule has 0 aliphatic carbocycles. The maximum Gasteiger partial charge on any atom is 0.255 e. The van der Waals surface area contributed by atoms with Gasteiger partial charge in [0, 0.05) is 18.0 Å². The molecule has 7 heteroatoms. The molecule has 1 amide bonds. The van der Waals surface area contributed by atoms with Crippen molar-refractivity contribution in [3.8, 4) is 0 Å². The number of aromatic amines is 1. The van der Waals surface area contributed by atoms with E-state index in [-0.39, 0.29) is 30.2 Å². The highest BCUT2D eigenvalue weighted by Crippen LogP contribution is 2.31. The standard InChI is InChI=1S/C21H19FN2O4/c22-14-6-7-15-16(11-19(26)23-17(15)10-14)21(27)24-8-9-28-18(12-25)20(24)13-4-2-1-3-5-13/h1-7,10-11,18,20,25H,8-9,12H2,(H,23,26)/t18-,20-/m1/s1. The number of pyridine rings is 1. The van der Waals surface area contributed by atoms with Crippen LogP contribution in [0.4, 0.5) is 4.39 Å². The predicted octanol–water partition coefficient (Wildman–Crippen LogP) is 2.24. The molecule has 2 N–H and O–H groups in total. The monoisotopic (exact) mass is 382 g/mol. The summed E-state index contributed by atoms with van der Waals surface area (Å²) < 4.78 is 19.3. The van der Waals surface area contributed by atoms with Crippen LogP contribution in [0.1, 0.15) is 22.0 Å². The highest BCUT2D eigenvalue weighted by molar-refractivity contribution is 6.06. The van der Waals surface area contributed by atoms with Gasteiger partial charge in [-0.1, -0.05) is 30.3 Å². The van der Waals surface area contributed by atoms with Gasteiger partial charge in [0.2, 0.25) is 5.56 Å². The fraction of sp³-hybridized carbons (Fsp3) is 0.238. The van der Waals surface area contributed by atoms with Gasteiger partial charge in [0.25, 0.3) is 5.91 Å². The molecule has 6 nitrogen and oxygen atoms in total. The minimum absolute atomic E-state index is 0.193. The molecule has 1 fully saturated rings. The molecule has 0 radical (unpaired) electrons. The summed E-state index contributed by atoms with van der Waals surface area (Å²) in [6.45, 7) is 0.338. The summed E-state index contributed by atoms with van der Waals surface area (Å²) in [5.41, 5.74) is 0.803. The van der Waals surface area contributed by atoms with Gasteiger partial charge >= 0.3 is 0 Å². The molecule has 0 spiro atoms. The molecular formula is C21H19FN2O4. The largest absolute Gasteiger partial charge is 0.394 e. The molecule has 28 heavy (non-hydrogen) atoms. The van der Waals surface area contributed by atoms with Gasteiger partial charge in [0.05, 0.1) is 30.3 Å². The Bertz CT molecular complexity index is 1070. The first-order valence-corrected chi connectivity index (χ1v) is 8.99. The lowest BCUT2D eigenvalue weighted by molar-refractivity contribution is -0.0811. The van der Waals surface area contributed by atoms with E-state index >= 15 is 0 Å². The third-order valence-electron chi connectivity index (χ3n) is 4.97. The first-order chi connectivity index (χ1) is 13.6. The number of aromatic nitrogens is 1. The summed E-state index contributed by atoms with van der Waals surface area (Å²) in [4.78, 5) is 29.7. The van der Waals surface area contributed by atoms with Crippen molar-refractivity contribution in [3.05, 3.63) is 81.9 Å². The smallest absolute Gasteiger partial charge is 0.255 e. The van der Waals surface area contributed by atoms with Gasteiger partial charge in [-0.3, -0.25) is 9.59 Å². The lowest BCUT2D eigenvalue weighted by Gasteiger charge is -2.41. The van der Waals surface area contributed by atoms with Crippen molar-refractivity contribution in [1.82, 2.24) is 9.88 Å². The van der Waals surface area contributed by atoms with E-state index in [0.717, 1.165) is 5.56 Å². The van der Waals surface area contributed by atoms with Crippen LogP contribution in [0.25, 0.3) is 10.9 Å². The second-order valence-corrected chi connectivity index (χ2v) is 6.68. The zero-order chi connectivity index (χ0) is 19.7. The van der Waals surface area contributed by atoms with Crippen LogP contribution in [0.5, 0.6) is 0 Å². The Hall–Kier alpha value is -3.03. The first-order valence-electron chi connectivity index (χ1n) is 8.99. The van der Waals surface area contributed by atoms with E-state index < -0.39 is 23.5 Å². The lowest BCUT2D eigenvalue weighted by Crippen LogP contribution is -2.49. The highest BCUT2D eigenvalue weighted by Gasteiger charge is 2.37. The van der Waals surface area contributed by atoms with E-state index in [1.807, 2.05) is 30.3 Å². The minimum Gasteiger partial charge on any atom is -0.394 e. The number of aliphatic hydroxyl groups is 1. The number of nitrogens with one attached hydrogen (secondary N) is 1. The van der Waals surface area contributed by atoms with E-state index in [4.69, 9.17) is 4.74 Å². The number of halogens is 1. The molecule has 3 aromatic rings. The third-order valence-corrected chi connectivity index (χ3v) is 4.97. The SMILES string of the molecule is O=C(c1cc(=O)[nH]c2cc(F)ccc12)N1CCO[C@H](CO)[C@H]1c1ccccc1. The van der Waals surface area contributed by atoms with Crippen LogP contribution in [-0.2, 0) is 4.74 Å². The maximum atomic E-state index is 13.6. The second kappa shape index (κ2) is 7.53. The van der Waals surface area contributed by atoms with Gasteiger partial charge in [-0.15, -0.1) is 0 Å². The van der Waals surface area contributed by atoms with Gasteiger partial charge < -0.3 is 19.7 Å². The molecule has 1 saturated heterocycles. The Kier molecular flexibility index (Phi) is 4.93. The van der Waals surface area contributed by atoms with Crippen molar-refractivity contribution in [1.29, 1.82) is 0 Å². The zero-order valence-electron chi connectivity index (χ0n) is 15.0. The molecule has 144 valence electrons. The van der Waals surface area contributed by atoms with Crippen molar-refractivity contribution < 1.29 is 19.0 Å². The number of fused-ring (bicyclic) bond motifs is 1. The van der Waals surface area contributed by atoms with Crippen LogP contribution in [-0.4, -0.2) is 46.8 Å². The molecule has 2 aromatic carbocycles. The number of nitrogens with zero attached hydrogens (tertiary/aromatic N) is 1. The number of aliphatic hydroxyl groups excluding tert-OH is 1. The molecule has 2 heterocycles. The summed E-state index contributed by atoms with van der Waals surface area (Å²) in [6.07, 6.45) is -0.578. The van der Waals surface area contributed by atoms with E-state index in [1.165, 1.54) is 24.3 Å². The Labute approximate surface area is 160 Å². The van der Waals surface area contributed by atoms with Crippen molar-refractivity contribution in [2.75, 3.05) is 19.8 Å². The molecule has 1 aliphatic heterocycles. The van der Waals surface area contributed by atoms with Crippen LogP contribution in [0.2, 0.25) is 0 Å². The fourth-order valence-electron chi connectivity index (χ4n) is 3.72. The van der Waals surface area contributed by atoms with Crippen LogP contribution >= 0.6 is 0 Å². The molecule has 0 saturated carbocycles. The van der Waals surface area contributed by atoms with Crippen molar-refractivity contribution in [3.63, 3.8) is 0 Å². The highest BCUT2D eigenvalue weighted by atomic mass is 19.1. The summed E-state index contributed by atoms with van der Waals surface area (Å²) in [6, 6.07) is 14.0. The molecular weight excluding hydrogens is 363 g/mol. The number of hydrogen-bond donors (Lipinski definition) is 2. The fourth-order valence-corrected chi connectivity index (χ4v) is 3.72. The van der Waals surface area contributed by atoms with Crippen molar-refractivity contribution in [2.45, 2.75) is 12.1 Å². The number of hydrogen-bond acceptors (Lipinski definition) is 4. The van der Waals surface area contributed by atoms with Gasteiger partial charge in [-0.2, -0.15) is 0 Å². The summed E-state index contributed by atoms with van der Waals surface area (Å²) in [7, 11) is 0.